The average Bonchev–Trinajstić information content (AvgIpc) is 3.61. The number of nitrogens with one attached hydrogen (secondary N) is 3. The number of nitrogens with zero attached hydrogens (tertiary/aromatic N) is 3. The molecule has 8 heteroatoms. The number of benzene rings is 2. The van der Waals surface area contributed by atoms with Crippen LogP contribution in [0.4, 0.5) is 5.69 Å². The first-order valence-corrected chi connectivity index (χ1v) is 12.8. The fourth-order valence-electron chi connectivity index (χ4n) is 5.26. The van der Waals surface area contributed by atoms with Crippen molar-refractivity contribution < 1.29 is 9.59 Å². The number of imidazole rings is 1. The van der Waals surface area contributed by atoms with E-state index in [2.05, 4.69) is 32.2 Å². The van der Waals surface area contributed by atoms with Crippen molar-refractivity contribution in [2.75, 3.05) is 38.5 Å². The molecule has 0 bridgehead atoms. The maximum absolute atomic E-state index is 13.3. The first-order valence-electron chi connectivity index (χ1n) is 12.8. The van der Waals surface area contributed by atoms with Gasteiger partial charge in [-0.05, 0) is 44.7 Å². The Morgan fingerprint density at radius 1 is 0.974 bits per heavy atom. The Morgan fingerprint density at radius 3 is 2.50 bits per heavy atom. The molecule has 0 unspecified atom stereocenters. The molecule has 2 aliphatic heterocycles. The van der Waals surface area contributed by atoms with Gasteiger partial charge in [-0.15, -0.1) is 0 Å². The van der Waals surface area contributed by atoms with Crippen molar-refractivity contribution in [1.29, 1.82) is 0 Å². The predicted molar refractivity (Wildman–Crippen MR) is 150 cm³/mol. The third-order valence-electron chi connectivity index (χ3n) is 7.51. The number of piperazine rings is 1. The first kappa shape index (κ1) is 23.9. The number of aromatic amines is 2. The third kappa shape index (κ3) is 4.22. The van der Waals surface area contributed by atoms with Gasteiger partial charge in [-0.1, -0.05) is 36.4 Å². The number of fused-ring (bicyclic) bond motifs is 1. The number of aryl methyl sites for hydroxylation is 1. The highest BCUT2D eigenvalue weighted by Gasteiger charge is 2.28. The van der Waals surface area contributed by atoms with Crippen LogP contribution in [0.2, 0.25) is 0 Å². The molecule has 4 heterocycles. The third-order valence-corrected chi connectivity index (χ3v) is 7.51. The number of rotatable bonds is 4. The Hall–Kier alpha value is -4.43. The maximum atomic E-state index is 13.3. The second-order valence-electron chi connectivity index (χ2n) is 10.0. The Labute approximate surface area is 221 Å². The summed E-state index contributed by atoms with van der Waals surface area (Å²) < 4.78 is 0. The molecule has 1 fully saturated rings. The number of carbonyl (C=O) groups excluding carboxylic acids is 2. The second-order valence-corrected chi connectivity index (χ2v) is 10.0. The molecule has 0 saturated carbocycles. The fraction of sp³-hybridized carbons (Fsp3) is 0.233. The summed E-state index contributed by atoms with van der Waals surface area (Å²) in [6, 6.07) is 15.9. The molecule has 6 rings (SSSR count). The van der Waals surface area contributed by atoms with E-state index >= 15 is 0 Å². The van der Waals surface area contributed by atoms with Crippen LogP contribution in [0.25, 0.3) is 34.3 Å². The van der Waals surface area contributed by atoms with Crippen molar-refractivity contribution in [1.82, 2.24) is 24.8 Å². The first-order chi connectivity index (χ1) is 18.4. The highest BCUT2D eigenvalue weighted by molar-refractivity contribution is 6.35. The van der Waals surface area contributed by atoms with E-state index in [0.29, 0.717) is 24.2 Å². The summed E-state index contributed by atoms with van der Waals surface area (Å²) in [5.74, 6) is 0.674. The number of anilines is 1. The lowest BCUT2D eigenvalue weighted by molar-refractivity contribution is -0.110. The van der Waals surface area contributed by atoms with Gasteiger partial charge in [0.05, 0.1) is 23.0 Å². The molecule has 2 aliphatic rings. The summed E-state index contributed by atoms with van der Waals surface area (Å²) in [5, 5.41) is 2.97. The van der Waals surface area contributed by atoms with E-state index in [-0.39, 0.29) is 11.8 Å². The van der Waals surface area contributed by atoms with Crippen LogP contribution in [-0.4, -0.2) is 69.8 Å². The second kappa shape index (κ2) is 9.46. The molecule has 0 atom stereocenters. The summed E-state index contributed by atoms with van der Waals surface area (Å²) in [6.07, 6.45) is 3.67. The van der Waals surface area contributed by atoms with Gasteiger partial charge in [0.25, 0.3) is 11.8 Å². The van der Waals surface area contributed by atoms with Crippen LogP contribution in [0.3, 0.4) is 0 Å². The molecule has 1 saturated heterocycles. The minimum atomic E-state index is -0.162. The lowest BCUT2D eigenvalue weighted by Gasteiger charge is -2.32. The van der Waals surface area contributed by atoms with Gasteiger partial charge >= 0.3 is 0 Å². The Bertz CT molecular complexity index is 1570. The van der Waals surface area contributed by atoms with Crippen molar-refractivity contribution in [2.24, 2.45) is 0 Å². The standard InChI is InChI=1S/C30H30N6O2/c1-18-25(32-19(2)27(18)30(38)36-13-11-35(3)12-14-36)16-23-22-15-21(9-10-24(22)34-29(23)37)26-17-31-28(33-26)20-7-5-4-6-8-20/h4-10,15-17,32H,11-14H2,1-3H3,(H,31,33)(H,34,37)/b23-16-. The Kier molecular flexibility index (Phi) is 5.96. The predicted octanol–water partition coefficient (Wildman–Crippen LogP) is 4.57. The van der Waals surface area contributed by atoms with E-state index in [0.717, 1.165) is 63.9 Å². The topological polar surface area (TPSA) is 97.1 Å². The van der Waals surface area contributed by atoms with Gasteiger partial charge in [-0.2, -0.15) is 0 Å². The molecule has 0 radical (unpaired) electrons. The normalized spacial score (nSPS) is 16.7. The van der Waals surface area contributed by atoms with Gasteiger partial charge in [-0.3, -0.25) is 9.59 Å². The minimum absolute atomic E-state index is 0.0426. The molecule has 0 spiro atoms. The summed E-state index contributed by atoms with van der Waals surface area (Å²) in [6.45, 7) is 7.03. The molecule has 0 aliphatic carbocycles. The zero-order valence-corrected chi connectivity index (χ0v) is 21.8. The zero-order valence-electron chi connectivity index (χ0n) is 21.8. The van der Waals surface area contributed by atoms with Gasteiger partial charge in [0.15, 0.2) is 0 Å². The molecule has 2 aromatic carbocycles. The number of hydrogen-bond acceptors (Lipinski definition) is 4. The lowest BCUT2D eigenvalue weighted by atomic mass is 10.0. The van der Waals surface area contributed by atoms with E-state index < -0.39 is 0 Å². The van der Waals surface area contributed by atoms with Crippen LogP contribution >= 0.6 is 0 Å². The molecule has 4 aromatic rings. The Morgan fingerprint density at radius 2 is 1.74 bits per heavy atom. The van der Waals surface area contributed by atoms with Crippen LogP contribution < -0.4 is 5.32 Å². The van der Waals surface area contributed by atoms with Gasteiger partial charge in [0.2, 0.25) is 0 Å². The lowest BCUT2D eigenvalue weighted by Crippen LogP contribution is -2.47. The highest BCUT2D eigenvalue weighted by atomic mass is 16.2. The van der Waals surface area contributed by atoms with E-state index in [1.165, 1.54) is 0 Å². The fourth-order valence-corrected chi connectivity index (χ4v) is 5.26. The van der Waals surface area contributed by atoms with Crippen molar-refractivity contribution >= 4 is 29.2 Å². The summed E-state index contributed by atoms with van der Waals surface area (Å²) in [5.41, 5.74) is 8.11. The van der Waals surface area contributed by atoms with Gasteiger partial charge < -0.3 is 25.1 Å². The quantitative estimate of drug-likeness (QED) is 0.353. The number of H-pyrrole nitrogens is 2. The number of aromatic nitrogens is 3. The summed E-state index contributed by atoms with van der Waals surface area (Å²) in [4.78, 5) is 41.8. The molecule has 3 N–H and O–H groups in total. The minimum Gasteiger partial charge on any atom is -0.358 e. The van der Waals surface area contributed by atoms with Crippen LogP contribution in [0.15, 0.2) is 54.7 Å². The molecule has 38 heavy (non-hydrogen) atoms. The van der Waals surface area contributed by atoms with Crippen LogP contribution in [-0.2, 0) is 4.79 Å². The number of hydrogen-bond donors (Lipinski definition) is 3. The highest BCUT2D eigenvalue weighted by Crippen LogP contribution is 2.37. The molecule has 2 aromatic heterocycles. The van der Waals surface area contributed by atoms with Crippen molar-refractivity contribution in [3.05, 3.63) is 82.8 Å². The smallest absolute Gasteiger partial charge is 0.256 e. The van der Waals surface area contributed by atoms with Gasteiger partial charge in [0.1, 0.15) is 5.82 Å². The molecule has 8 nitrogen and oxygen atoms in total. The van der Waals surface area contributed by atoms with E-state index in [9.17, 15) is 9.59 Å². The number of carbonyl (C=O) groups is 2. The Balaban J connectivity index is 1.32. The van der Waals surface area contributed by atoms with Gasteiger partial charge in [-0.25, -0.2) is 4.98 Å². The number of amides is 2. The van der Waals surface area contributed by atoms with E-state index in [1.54, 1.807) is 0 Å². The van der Waals surface area contributed by atoms with Crippen LogP contribution in [0, 0.1) is 13.8 Å². The number of likely N-dealkylation sites (N-methyl/N-ethyl adjacent to an activating group) is 1. The summed E-state index contributed by atoms with van der Waals surface area (Å²) in [7, 11) is 2.07. The molecule has 192 valence electrons. The van der Waals surface area contributed by atoms with Crippen LogP contribution in [0.1, 0.15) is 32.9 Å². The van der Waals surface area contributed by atoms with Crippen molar-refractivity contribution in [3.8, 4) is 22.6 Å². The molecule has 2 amide bonds. The molecular formula is C30H30N6O2. The van der Waals surface area contributed by atoms with Gasteiger partial charge in [0, 0.05) is 59.9 Å². The van der Waals surface area contributed by atoms with Crippen molar-refractivity contribution in [3.63, 3.8) is 0 Å². The SMILES string of the molecule is Cc1[nH]c(/C=C2\C(=O)Nc3ccc(-c4cnc(-c5ccccc5)[nH]4)cc32)c(C)c1C(=O)N1CCN(C)CC1. The molecular weight excluding hydrogens is 476 g/mol. The monoisotopic (exact) mass is 506 g/mol. The van der Waals surface area contributed by atoms with Crippen LogP contribution in [0.5, 0.6) is 0 Å². The largest absolute Gasteiger partial charge is 0.358 e. The zero-order chi connectivity index (χ0) is 26.4. The van der Waals surface area contributed by atoms with E-state index in [1.807, 2.05) is 79.6 Å². The average molecular weight is 507 g/mol. The van der Waals surface area contributed by atoms with E-state index in [4.69, 9.17) is 0 Å². The van der Waals surface area contributed by atoms with Crippen molar-refractivity contribution in [2.45, 2.75) is 13.8 Å². The maximum Gasteiger partial charge on any atom is 0.256 e. The summed E-state index contributed by atoms with van der Waals surface area (Å²) >= 11 is 0.